The van der Waals surface area contributed by atoms with E-state index in [0.29, 0.717) is 12.5 Å². The van der Waals surface area contributed by atoms with Crippen molar-refractivity contribution in [2.45, 2.75) is 52.7 Å². The van der Waals surface area contributed by atoms with E-state index in [2.05, 4.69) is 34.4 Å². The van der Waals surface area contributed by atoms with Gasteiger partial charge in [0, 0.05) is 39.2 Å². The van der Waals surface area contributed by atoms with Crippen LogP contribution in [0.2, 0.25) is 0 Å². The number of aliphatic imine (C=N–C) groups is 1. The molecule has 8 heteroatoms. The number of guanidine groups is 1. The minimum atomic E-state index is 0. The number of methoxy groups -OCH3 is 1. The number of aliphatic hydroxyl groups is 1. The van der Waals surface area contributed by atoms with Gasteiger partial charge in [-0.1, -0.05) is 13.3 Å². The van der Waals surface area contributed by atoms with E-state index in [1.54, 1.807) is 18.4 Å². The molecule has 2 atom stereocenters. The molecule has 0 amide bonds. The highest BCUT2D eigenvalue weighted by atomic mass is 127. The molecule has 1 aromatic heterocycles. The largest absolute Gasteiger partial charge is 0.396 e. The second kappa shape index (κ2) is 14.6. The minimum absolute atomic E-state index is 0. The summed E-state index contributed by atoms with van der Waals surface area (Å²) in [7, 11) is 3.73. The smallest absolute Gasteiger partial charge is 0.194 e. The summed E-state index contributed by atoms with van der Waals surface area (Å²) in [4.78, 5) is 11.5. The van der Waals surface area contributed by atoms with E-state index in [1.807, 2.05) is 14.0 Å². The van der Waals surface area contributed by atoms with Gasteiger partial charge in [0.25, 0.3) is 0 Å². The van der Waals surface area contributed by atoms with Crippen LogP contribution in [0, 0.1) is 5.92 Å². The molecule has 6 nitrogen and oxygen atoms in total. The van der Waals surface area contributed by atoms with Gasteiger partial charge < -0.3 is 20.1 Å². The molecule has 0 aromatic carbocycles. The van der Waals surface area contributed by atoms with Gasteiger partial charge in [-0.3, -0.25) is 4.99 Å². The first kappa shape index (κ1) is 25.6. The van der Waals surface area contributed by atoms with Gasteiger partial charge in [-0.15, -0.1) is 35.3 Å². The SMILES string of the molecule is CCCC(CCO)CN=C(NCC)N(C)Cc1csc(C(C)OC)n1.I. The summed E-state index contributed by atoms with van der Waals surface area (Å²) in [5, 5.41) is 15.6. The second-order valence-corrected chi connectivity index (χ2v) is 7.16. The Morgan fingerprint density at radius 1 is 1.42 bits per heavy atom. The fourth-order valence-electron chi connectivity index (χ4n) is 2.60. The summed E-state index contributed by atoms with van der Waals surface area (Å²) in [5.74, 6) is 1.32. The molecule has 0 saturated heterocycles. The quantitative estimate of drug-likeness (QED) is 0.277. The van der Waals surface area contributed by atoms with E-state index in [-0.39, 0.29) is 36.7 Å². The zero-order chi connectivity index (χ0) is 18.7. The molecule has 0 aliphatic heterocycles. The highest BCUT2D eigenvalue weighted by molar-refractivity contribution is 14.0. The summed E-state index contributed by atoms with van der Waals surface area (Å²) >= 11 is 1.63. The predicted molar refractivity (Wildman–Crippen MR) is 120 cm³/mol. The molecule has 0 fully saturated rings. The van der Waals surface area contributed by atoms with Gasteiger partial charge in [0.1, 0.15) is 11.1 Å². The summed E-state index contributed by atoms with van der Waals surface area (Å²) in [5.41, 5.74) is 1.03. The number of hydrogen-bond donors (Lipinski definition) is 2. The van der Waals surface area contributed by atoms with E-state index in [0.717, 1.165) is 49.0 Å². The average molecular weight is 498 g/mol. The molecule has 0 aliphatic carbocycles. The van der Waals surface area contributed by atoms with Crippen molar-refractivity contribution in [3.63, 3.8) is 0 Å². The molecule has 1 heterocycles. The second-order valence-electron chi connectivity index (χ2n) is 6.27. The molecule has 0 radical (unpaired) electrons. The summed E-state index contributed by atoms with van der Waals surface area (Å²) in [6.07, 6.45) is 3.05. The van der Waals surface area contributed by atoms with Crippen LogP contribution >= 0.6 is 35.3 Å². The molecular formula is C18H35IN4O2S. The van der Waals surface area contributed by atoms with E-state index in [9.17, 15) is 5.11 Å². The van der Waals surface area contributed by atoms with E-state index in [4.69, 9.17) is 9.73 Å². The molecule has 152 valence electrons. The third-order valence-corrected chi connectivity index (χ3v) is 5.15. The van der Waals surface area contributed by atoms with Crippen molar-refractivity contribution >= 4 is 41.3 Å². The lowest BCUT2D eigenvalue weighted by Crippen LogP contribution is -2.39. The number of halogens is 1. The third kappa shape index (κ3) is 8.96. The summed E-state index contributed by atoms with van der Waals surface area (Å²) < 4.78 is 5.33. The van der Waals surface area contributed by atoms with Crippen LogP contribution in [0.5, 0.6) is 0 Å². The molecular weight excluding hydrogens is 463 g/mol. The van der Waals surface area contributed by atoms with Crippen LogP contribution in [0.3, 0.4) is 0 Å². The van der Waals surface area contributed by atoms with Crippen LogP contribution in [0.15, 0.2) is 10.4 Å². The maximum atomic E-state index is 9.21. The van der Waals surface area contributed by atoms with Gasteiger partial charge in [0.05, 0.1) is 12.2 Å². The monoisotopic (exact) mass is 498 g/mol. The number of thiazole rings is 1. The number of nitrogens with zero attached hydrogens (tertiary/aromatic N) is 3. The lowest BCUT2D eigenvalue weighted by atomic mass is 10.0. The topological polar surface area (TPSA) is 70.0 Å². The van der Waals surface area contributed by atoms with Crippen molar-refractivity contribution in [1.29, 1.82) is 0 Å². The third-order valence-electron chi connectivity index (χ3n) is 4.10. The summed E-state index contributed by atoms with van der Waals surface area (Å²) in [6.45, 7) is 8.75. The zero-order valence-electron chi connectivity index (χ0n) is 16.7. The zero-order valence-corrected chi connectivity index (χ0v) is 19.8. The van der Waals surface area contributed by atoms with Gasteiger partial charge in [-0.25, -0.2) is 4.98 Å². The molecule has 2 unspecified atom stereocenters. The van der Waals surface area contributed by atoms with Crippen molar-refractivity contribution < 1.29 is 9.84 Å². The molecule has 1 rings (SSSR count). The molecule has 0 saturated carbocycles. The van der Waals surface area contributed by atoms with Crippen LogP contribution < -0.4 is 5.32 Å². The number of aromatic nitrogens is 1. The molecule has 1 aromatic rings. The molecule has 0 bridgehead atoms. The molecule has 0 aliphatic rings. The Labute approximate surface area is 179 Å². The standard InChI is InChI=1S/C18H34N4O2S.HI/c1-6-8-15(9-10-23)11-20-18(19-7-2)22(4)12-16-13-25-17(21-16)14(3)24-5;/h13-15,23H,6-12H2,1-5H3,(H,19,20);1H. The van der Waals surface area contributed by atoms with Gasteiger partial charge in [-0.2, -0.15) is 0 Å². The molecule has 26 heavy (non-hydrogen) atoms. The first-order chi connectivity index (χ1) is 12.0. The highest BCUT2D eigenvalue weighted by Crippen LogP contribution is 2.21. The normalized spacial score (nSPS) is 13.8. The Kier molecular flexibility index (Phi) is 14.3. The van der Waals surface area contributed by atoms with Crippen molar-refractivity contribution in [1.82, 2.24) is 15.2 Å². The average Bonchev–Trinajstić information content (AvgIpc) is 3.06. The van der Waals surface area contributed by atoms with E-state index in [1.165, 1.54) is 0 Å². The Morgan fingerprint density at radius 2 is 2.15 bits per heavy atom. The number of ether oxygens (including phenoxy) is 1. The number of rotatable bonds is 11. The summed E-state index contributed by atoms with van der Waals surface area (Å²) in [6, 6.07) is 0. The Balaban J connectivity index is 0.00000625. The first-order valence-electron chi connectivity index (χ1n) is 9.12. The number of aliphatic hydroxyl groups excluding tert-OH is 1. The Bertz CT molecular complexity index is 507. The Morgan fingerprint density at radius 3 is 2.73 bits per heavy atom. The molecule has 2 N–H and O–H groups in total. The maximum absolute atomic E-state index is 9.21. The van der Waals surface area contributed by atoms with Crippen molar-refractivity contribution in [2.75, 3.05) is 33.9 Å². The van der Waals surface area contributed by atoms with Crippen LogP contribution in [0.1, 0.15) is 56.8 Å². The first-order valence-corrected chi connectivity index (χ1v) is 10.0. The van der Waals surface area contributed by atoms with Gasteiger partial charge >= 0.3 is 0 Å². The van der Waals surface area contributed by atoms with E-state index < -0.39 is 0 Å². The maximum Gasteiger partial charge on any atom is 0.194 e. The van der Waals surface area contributed by atoms with Crippen molar-refractivity contribution in [3.8, 4) is 0 Å². The fraction of sp³-hybridized carbons (Fsp3) is 0.778. The minimum Gasteiger partial charge on any atom is -0.396 e. The van der Waals surface area contributed by atoms with E-state index >= 15 is 0 Å². The van der Waals surface area contributed by atoms with Crippen LogP contribution in [-0.2, 0) is 11.3 Å². The van der Waals surface area contributed by atoms with Crippen LogP contribution in [0.4, 0.5) is 0 Å². The Hall–Kier alpha value is -0.450. The number of nitrogens with one attached hydrogen (secondary N) is 1. The molecule has 0 spiro atoms. The van der Waals surface area contributed by atoms with Crippen LogP contribution in [-0.4, -0.2) is 54.8 Å². The van der Waals surface area contributed by atoms with Gasteiger partial charge in [0.15, 0.2) is 5.96 Å². The van der Waals surface area contributed by atoms with Gasteiger partial charge in [-0.05, 0) is 32.6 Å². The lowest BCUT2D eigenvalue weighted by molar-refractivity contribution is 0.119. The van der Waals surface area contributed by atoms with Crippen LogP contribution in [0.25, 0.3) is 0 Å². The highest BCUT2D eigenvalue weighted by Gasteiger charge is 2.13. The van der Waals surface area contributed by atoms with Gasteiger partial charge in [0.2, 0.25) is 0 Å². The lowest BCUT2D eigenvalue weighted by Gasteiger charge is -2.22. The predicted octanol–water partition coefficient (Wildman–Crippen LogP) is 3.66. The fourth-order valence-corrected chi connectivity index (χ4v) is 3.45. The van der Waals surface area contributed by atoms with Crippen molar-refractivity contribution in [3.05, 3.63) is 16.1 Å². The number of hydrogen-bond acceptors (Lipinski definition) is 5. The van der Waals surface area contributed by atoms with Crippen molar-refractivity contribution in [2.24, 2.45) is 10.9 Å².